The molecule has 1 aliphatic carbocycles. The molecule has 0 saturated heterocycles. The van der Waals surface area contributed by atoms with Crippen LogP contribution in [0.2, 0.25) is 0 Å². The molecule has 0 aliphatic heterocycles. The summed E-state index contributed by atoms with van der Waals surface area (Å²) in [5.74, 6) is -1.12. The van der Waals surface area contributed by atoms with Crippen molar-refractivity contribution in [3.05, 3.63) is 12.3 Å². The van der Waals surface area contributed by atoms with Crippen LogP contribution >= 0.6 is 0 Å². The van der Waals surface area contributed by atoms with Crippen molar-refractivity contribution in [3.8, 4) is 0 Å². The van der Waals surface area contributed by atoms with E-state index < -0.39 is 18.0 Å². The Morgan fingerprint density at radius 2 is 2.24 bits per heavy atom. The number of primary amides is 1. The third-order valence-corrected chi connectivity index (χ3v) is 3.72. The van der Waals surface area contributed by atoms with Gasteiger partial charge in [0.05, 0.1) is 5.92 Å². The summed E-state index contributed by atoms with van der Waals surface area (Å²) in [5, 5.41) is 7.22. The Hall–Kier alpha value is -1.73. The maximum Gasteiger partial charge on any atom is 0.391 e. The number of amides is 1. The van der Waals surface area contributed by atoms with Gasteiger partial charge in [0.15, 0.2) is 0 Å². The average molecular weight is 304 g/mol. The fourth-order valence-corrected chi connectivity index (χ4v) is 2.62. The quantitative estimate of drug-likeness (QED) is 0.876. The van der Waals surface area contributed by atoms with Crippen molar-refractivity contribution in [2.75, 3.05) is 5.32 Å². The number of anilines is 1. The number of hydrogen-bond acceptors (Lipinski definition) is 3. The minimum absolute atomic E-state index is 0.0810. The van der Waals surface area contributed by atoms with Crippen LogP contribution in [0, 0.1) is 5.92 Å². The molecule has 1 fully saturated rings. The van der Waals surface area contributed by atoms with Gasteiger partial charge in [-0.15, -0.1) is 0 Å². The van der Waals surface area contributed by atoms with Gasteiger partial charge >= 0.3 is 6.18 Å². The maximum atomic E-state index is 12.7. The number of rotatable bonds is 5. The topological polar surface area (TPSA) is 72.9 Å². The summed E-state index contributed by atoms with van der Waals surface area (Å²) in [6.07, 6.45) is -0.714. The van der Waals surface area contributed by atoms with E-state index in [1.165, 1.54) is 0 Å². The van der Waals surface area contributed by atoms with E-state index in [0.29, 0.717) is 25.2 Å². The Morgan fingerprint density at radius 1 is 1.48 bits per heavy atom. The molecule has 1 aliphatic rings. The second kappa shape index (κ2) is 6.36. The lowest BCUT2D eigenvalue weighted by Crippen LogP contribution is -2.34. The van der Waals surface area contributed by atoms with E-state index in [1.807, 2.05) is 0 Å². The number of aromatic nitrogens is 2. The molecule has 1 saturated carbocycles. The number of carbonyl (C=O) groups excluding carboxylic acids is 1. The Bertz CT molecular complexity index is 486. The lowest BCUT2D eigenvalue weighted by molar-refractivity contribution is -0.182. The molecule has 5 nitrogen and oxygen atoms in total. The van der Waals surface area contributed by atoms with E-state index in [1.54, 1.807) is 16.9 Å². The van der Waals surface area contributed by atoms with E-state index in [4.69, 9.17) is 5.73 Å². The molecule has 0 unspecified atom stereocenters. The van der Waals surface area contributed by atoms with E-state index in [-0.39, 0.29) is 25.3 Å². The predicted molar refractivity (Wildman–Crippen MR) is 71.5 cm³/mol. The van der Waals surface area contributed by atoms with Crippen molar-refractivity contribution >= 4 is 11.7 Å². The van der Waals surface area contributed by atoms with Crippen molar-refractivity contribution in [2.45, 2.75) is 50.9 Å². The molecule has 8 heteroatoms. The highest BCUT2D eigenvalue weighted by atomic mass is 19.4. The molecule has 0 spiro atoms. The number of carbonyl (C=O) groups is 1. The van der Waals surface area contributed by atoms with Gasteiger partial charge in [0.25, 0.3) is 0 Å². The second-order valence-corrected chi connectivity index (χ2v) is 5.43. The van der Waals surface area contributed by atoms with Gasteiger partial charge in [-0.25, -0.2) is 0 Å². The summed E-state index contributed by atoms with van der Waals surface area (Å²) in [4.78, 5) is 10.7. The fourth-order valence-electron chi connectivity index (χ4n) is 2.62. The molecule has 1 aromatic heterocycles. The summed E-state index contributed by atoms with van der Waals surface area (Å²) in [7, 11) is 0. The molecule has 0 aromatic carbocycles. The second-order valence-electron chi connectivity index (χ2n) is 5.43. The number of hydrogen-bond donors (Lipinski definition) is 2. The summed E-state index contributed by atoms with van der Waals surface area (Å²) >= 11 is 0. The van der Waals surface area contributed by atoms with Crippen molar-refractivity contribution < 1.29 is 18.0 Å². The summed E-state index contributed by atoms with van der Waals surface area (Å²) in [6.45, 7) is 0.368. The SMILES string of the molecule is NC(=O)CCn1ccc(N[C@H]2CCC[C@@H](C(F)(F)F)C2)n1. The molecule has 0 radical (unpaired) electrons. The molecular formula is C13H19F3N4O. The monoisotopic (exact) mass is 304 g/mol. The van der Waals surface area contributed by atoms with Crippen molar-refractivity contribution in [3.63, 3.8) is 0 Å². The smallest absolute Gasteiger partial charge is 0.370 e. The van der Waals surface area contributed by atoms with Crippen LogP contribution in [-0.2, 0) is 11.3 Å². The molecule has 21 heavy (non-hydrogen) atoms. The van der Waals surface area contributed by atoms with Crippen LogP contribution < -0.4 is 11.1 Å². The highest BCUT2D eigenvalue weighted by molar-refractivity contribution is 5.73. The molecule has 1 aromatic rings. The van der Waals surface area contributed by atoms with Gasteiger partial charge in [-0.3, -0.25) is 9.48 Å². The molecule has 1 heterocycles. The van der Waals surface area contributed by atoms with Gasteiger partial charge in [0, 0.05) is 31.3 Å². The van der Waals surface area contributed by atoms with Crippen molar-refractivity contribution in [1.29, 1.82) is 0 Å². The lowest BCUT2D eigenvalue weighted by Gasteiger charge is -2.31. The summed E-state index contributed by atoms with van der Waals surface area (Å²) < 4.78 is 39.8. The van der Waals surface area contributed by atoms with E-state index >= 15 is 0 Å². The number of nitrogens with two attached hydrogens (primary N) is 1. The molecule has 0 bridgehead atoms. The number of alkyl halides is 3. The third-order valence-electron chi connectivity index (χ3n) is 3.72. The number of nitrogens with zero attached hydrogens (tertiary/aromatic N) is 2. The number of aryl methyl sites for hydroxylation is 1. The van der Waals surface area contributed by atoms with E-state index in [9.17, 15) is 18.0 Å². The number of nitrogens with one attached hydrogen (secondary N) is 1. The maximum absolute atomic E-state index is 12.7. The summed E-state index contributed by atoms with van der Waals surface area (Å²) in [6, 6.07) is 1.47. The molecular weight excluding hydrogens is 285 g/mol. The van der Waals surface area contributed by atoms with Crippen LogP contribution in [0.25, 0.3) is 0 Å². The van der Waals surface area contributed by atoms with Gasteiger partial charge in [0.2, 0.25) is 5.91 Å². The highest BCUT2D eigenvalue weighted by Crippen LogP contribution is 2.38. The molecule has 118 valence electrons. The first-order chi connectivity index (χ1) is 9.84. The fraction of sp³-hybridized carbons (Fsp3) is 0.692. The molecule has 3 N–H and O–H groups in total. The van der Waals surface area contributed by atoms with E-state index in [2.05, 4.69) is 10.4 Å². The lowest BCUT2D eigenvalue weighted by atomic mass is 9.85. The Morgan fingerprint density at radius 3 is 2.90 bits per heavy atom. The van der Waals surface area contributed by atoms with Crippen LogP contribution in [0.15, 0.2) is 12.3 Å². The van der Waals surface area contributed by atoms with Gasteiger partial charge in [0.1, 0.15) is 5.82 Å². The Balaban J connectivity index is 1.88. The minimum Gasteiger partial charge on any atom is -0.370 e. The minimum atomic E-state index is -4.12. The Labute approximate surface area is 120 Å². The number of halogens is 3. The van der Waals surface area contributed by atoms with E-state index in [0.717, 1.165) is 0 Å². The highest BCUT2D eigenvalue weighted by Gasteiger charge is 2.42. The van der Waals surface area contributed by atoms with Crippen LogP contribution in [-0.4, -0.2) is 27.9 Å². The van der Waals surface area contributed by atoms with Crippen molar-refractivity contribution in [2.24, 2.45) is 11.7 Å². The zero-order valence-corrected chi connectivity index (χ0v) is 11.6. The van der Waals surface area contributed by atoms with Crippen LogP contribution in [0.4, 0.5) is 19.0 Å². The molecule has 2 atom stereocenters. The normalized spacial score (nSPS) is 23.0. The zero-order valence-electron chi connectivity index (χ0n) is 11.6. The zero-order chi connectivity index (χ0) is 15.5. The van der Waals surface area contributed by atoms with Crippen LogP contribution in [0.3, 0.4) is 0 Å². The third kappa shape index (κ3) is 4.64. The van der Waals surface area contributed by atoms with Gasteiger partial charge < -0.3 is 11.1 Å². The van der Waals surface area contributed by atoms with Gasteiger partial charge in [-0.05, 0) is 19.3 Å². The first-order valence-corrected chi connectivity index (χ1v) is 6.99. The average Bonchev–Trinajstić information content (AvgIpc) is 2.83. The van der Waals surface area contributed by atoms with Crippen LogP contribution in [0.5, 0.6) is 0 Å². The van der Waals surface area contributed by atoms with Gasteiger partial charge in [-0.1, -0.05) is 6.42 Å². The Kier molecular flexibility index (Phi) is 4.74. The first kappa shape index (κ1) is 15.7. The molecule has 2 rings (SSSR count). The predicted octanol–water partition coefficient (Wildman–Crippen LogP) is 2.29. The van der Waals surface area contributed by atoms with Gasteiger partial charge in [-0.2, -0.15) is 18.3 Å². The summed E-state index contributed by atoms with van der Waals surface area (Å²) in [5.41, 5.74) is 5.05. The molecule has 1 amide bonds. The standard InChI is InChI=1S/C13H19F3N4O/c14-13(15,16)9-2-1-3-10(8-9)18-12-5-7-20(19-12)6-4-11(17)21/h5,7,9-10H,1-4,6,8H2,(H2,17,21)(H,18,19)/t9-,10+/m1/s1. The van der Waals surface area contributed by atoms with Crippen molar-refractivity contribution in [1.82, 2.24) is 9.78 Å². The van der Waals surface area contributed by atoms with Crippen LogP contribution in [0.1, 0.15) is 32.1 Å². The largest absolute Gasteiger partial charge is 0.391 e. The first-order valence-electron chi connectivity index (χ1n) is 6.99.